The number of rotatable bonds is 8. The number of halogens is 2. The average Bonchev–Trinajstić information content (AvgIpc) is 3.46. The van der Waals surface area contributed by atoms with Crippen molar-refractivity contribution in [3.8, 4) is 22.9 Å². The maximum absolute atomic E-state index is 11.7. The molecule has 0 N–H and O–H groups in total. The third kappa shape index (κ3) is 7.14. The number of likely N-dealkylation sites (tertiary alicyclic amines) is 1. The lowest BCUT2D eigenvalue weighted by atomic mass is 9.93. The van der Waals surface area contributed by atoms with Gasteiger partial charge >= 0.3 is 5.97 Å². The molecule has 1 atom stereocenters. The first-order valence-electron chi connectivity index (χ1n) is 14.7. The molecule has 3 aliphatic heterocycles. The van der Waals surface area contributed by atoms with E-state index in [1.165, 1.54) is 26.5 Å². The van der Waals surface area contributed by atoms with Crippen molar-refractivity contribution in [1.82, 2.24) is 24.8 Å². The normalized spacial score (nSPS) is 20.0. The topological polar surface area (TPSA) is 83.9 Å². The van der Waals surface area contributed by atoms with E-state index < -0.39 is 0 Å². The number of nitrogens with zero attached hydrogens (tertiary/aromatic N) is 6. The zero-order chi connectivity index (χ0) is 29.1. The number of hydrogen-bond donors (Lipinski definition) is 0. The van der Waals surface area contributed by atoms with Crippen molar-refractivity contribution in [2.75, 3.05) is 51.3 Å². The highest BCUT2D eigenvalue weighted by molar-refractivity contribution is 6.35. The van der Waals surface area contributed by atoms with Crippen molar-refractivity contribution in [1.29, 1.82) is 0 Å². The van der Waals surface area contributed by atoms with Crippen LogP contribution in [0.5, 0.6) is 11.6 Å². The lowest BCUT2D eigenvalue weighted by molar-refractivity contribution is -0.142. The average molecular weight is 612 g/mol. The number of benzene rings is 1. The van der Waals surface area contributed by atoms with Crippen LogP contribution in [0.2, 0.25) is 10.0 Å². The SMILES string of the molecule is COC(=O)CC1CCN(Cc2cc(Oc3cnc(N4CCN5CCCC5C4)nc3)nc(-c3cc(Cl)cc(Cl)c3)c2)CC1. The van der Waals surface area contributed by atoms with Crippen molar-refractivity contribution in [2.24, 2.45) is 5.92 Å². The first-order chi connectivity index (χ1) is 20.4. The van der Waals surface area contributed by atoms with Gasteiger partial charge in [-0.25, -0.2) is 15.0 Å². The van der Waals surface area contributed by atoms with Crippen LogP contribution in [0.25, 0.3) is 11.3 Å². The van der Waals surface area contributed by atoms with E-state index in [2.05, 4.69) is 30.7 Å². The summed E-state index contributed by atoms with van der Waals surface area (Å²) >= 11 is 12.7. The van der Waals surface area contributed by atoms with Gasteiger partial charge in [0.2, 0.25) is 11.8 Å². The van der Waals surface area contributed by atoms with E-state index in [1.54, 1.807) is 18.5 Å². The molecule has 222 valence electrons. The van der Waals surface area contributed by atoms with Crippen molar-refractivity contribution >= 4 is 35.1 Å². The van der Waals surface area contributed by atoms with E-state index in [4.69, 9.17) is 37.7 Å². The van der Waals surface area contributed by atoms with Gasteiger partial charge < -0.3 is 14.4 Å². The summed E-state index contributed by atoms with van der Waals surface area (Å²) in [5.41, 5.74) is 2.59. The molecule has 2 aromatic heterocycles. The molecule has 0 spiro atoms. The molecular weight excluding hydrogens is 575 g/mol. The Kier molecular flexibility index (Phi) is 9.09. The number of hydrogen-bond acceptors (Lipinski definition) is 9. The van der Waals surface area contributed by atoms with E-state index >= 15 is 0 Å². The number of carbonyl (C=O) groups excluding carboxylic acids is 1. The highest BCUT2D eigenvalue weighted by atomic mass is 35.5. The minimum atomic E-state index is -0.136. The second kappa shape index (κ2) is 13.1. The Morgan fingerprint density at radius 1 is 0.952 bits per heavy atom. The van der Waals surface area contributed by atoms with E-state index in [-0.39, 0.29) is 5.97 Å². The number of piperazine rings is 1. The summed E-state index contributed by atoms with van der Waals surface area (Å²) in [6, 6.07) is 10.0. The Morgan fingerprint density at radius 2 is 1.71 bits per heavy atom. The summed E-state index contributed by atoms with van der Waals surface area (Å²) in [5, 5.41) is 1.09. The molecule has 0 radical (unpaired) electrons. The molecule has 6 rings (SSSR count). The molecule has 0 amide bonds. The maximum Gasteiger partial charge on any atom is 0.305 e. The second-order valence-electron chi connectivity index (χ2n) is 11.5. The monoisotopic (exact) mass is 610 g/mol. The molecule has 9 nitrogen and oxygen atoms in total. The molecule has 3 fully saturated rings. The lowest BCUT2D eigenvalue weighted by Gasteiger charge is -2.37. The molecule has 11 heteroatoms. The third-order valence-corrected chi connectivity index (χ3v) is 8.96. The Morgan fingerprint density at radius 3 is 2.45 bits per heavy atom. The van der Waals surface area contributed by atoms with Gasteiger partial charge in [-0.3, -0.25) is 14.6 Å². The predicted octanol–water partition coefficient (Wildman–Crippen LogP) is 5.70. The van der Waals surface area contributed by atoms with Gasteiger partial charge in [0.05, 0.1) is 25.2 Å². The van der Waals surface area contributed by atoms with Crippen LogP contribution in [0.3, 0.4) is 0 Å². The number of pyridine rings is 1. The molecule has 3 aromatic rings. The molecule has 3 saturated heterocycles. The van der Waals surface area contributed by atoms with Gasteiger partial charge in [-0.1, -0.05) is 23.2 Å². The van der Waals surface area contributed by atoms with Crippen molar-refractivity contribution in [3.05, 3.63) is 58.3 Å². The number of fused-ring (bicyclic) bond motifs is 1. The highest BCUT2D eigenvalue weighted by Crippen LogP contribution is 2.31. The fourth-order valence-corrected chi connectivity index (χ4v) is 6.82. The zero-order valence-corrected chi connectivity index (χ0v) is 25.4. The second-order valence-corrected chi connectivity index (χ2v) is 12.3. The molecule has 0 saturated carbocycles. The van der Waals surface area contributed by atoms with Gasteiger partial charge in [0, 0.05) is 60.3 Å². The largest absolute Gasteiger partial charge is 0.469 e. The van der Waals surface area contributed by atoms with Crippen LogP contribution in [0.1, 0.15) is 37.7 Å². The molecule has 1 aromatic carbocycles. The Hall–Kier alpha value is -2.98. The molecule has 1 unspecified atom stereocenters. The van der Waals surface area contributed by atoms with Crippen LogP contribution in [0.4, 0.5) is 5.95 Å². The van der Waals surface area contributed by atoms with Crippen LogP contribution < -0.4 is 9.64 Å². The summed E-state index contributed by atoms with van der Waals surface area (Å²) in [4.78, 5) is 33.0. The third-order valence-electron chi connectivity index (χ3n) is 8.52. The summed E-state index contributed by atoms with van der Waals surface area (Å²) < 4.78 is 11.1. The van der Waals surface area contributed by atoms with E-state index in [0.29, 0.717) is 40.1 Å². The first-order valence-corrected chi connectivity index (χ1v) is 15.4. The summed E-state index contributed by atoms with van der Waals surface area (Å²) in [7, 11) is 1.45. The minimum Gasteiger partial charge on any atom is -0.469 e. The van der Waals surface area contributed by atoms with Gasteiger partial charge in [0.1, 0.15) is 0 Å². The van der Waals surface area contributed by atoms with Crippen molar-refractivity contribution in [2.45, 2.75) is 44.7 Å². The van der Waals surface area contributed by atoms with E-state index in [0.717, 1.165) is 74.9 Å². The zero-order valence-electron chi connectivity index (χ0n) is 23.8. The van der Waals surface area contributed by atoms with Gasteiger partial charge in [0.15, 0.2) is 5.75 Å². The van der Waals surface area contributed by atoms with E-state index in [1.807, 2.05) is 18.2 Å². The number of anilines is 1. The Labute approximate surface area is 256 Å². The van der Waals surface area contributed by atoms with Gasteiger partial charge in [-0.2, -0.15) is 0 Å². The standard InChI is InChI=1S/C31H36Cl2N6O3/c1-41-30(40)13-21-4-7-37(8-5-21)19-22-11-28(23-14-24(32)16-25(33)15-23)36-29(12-22)42-27-17-34-31(35-18-27)39-10-9-38-6-2-3-26(38)20-39/h11-12,14-18,21,26H,2-10,13,19-20H2,1H3. The van der Waals surface area contributed by atoms with Gasteiger partial charge in [0.25, 0.3) is 0 Å². The number of ether oxygens (including phenoxy) is 2. The number of methoxy groups -OCH3 is 1. The molecule has 0 bridgehead atoms. The Bertz CT molecular complexity index is 1380. The molecular formula is C31H36Cl2N6O3. The lowest BCUT2D eigenvalue weighted by Crippen LogP contribution is -2.50. The van der Waals surface area contributed by atoms with Crippen LogP contribution in [0, 0.1) is 5.92 Å². The van der Waals surface area contributed by atoms with Crippen molar-refractivity contribution < 1.29 is 14.3 Å². The van der Waals surface area contributed by atoms with Crippen LogP contribution in [-0.2, 0) is 16.1 Å². The molecule has 3 aliphatic rings. The van der Waals surface area contributed by atoms with Crippen LogP contribution >= 0.6 is 23.2 Å². The van der Waals surface area contributed by atoms with Crippen LogP contribution in [0.15, 0.2) is 42.7 Å². The maximum atomic E-state index is 11.7. The van der Waals surface area contributed by atoms with E-state index in [9.17, 15) is 4.79 Å². The molecule has 42 heavy (non-hydrogen) atoms. The number of aromatic nitrogens is 3. The highest BCUT2D eigenvalue weighted by Gasteiger charge is 2.31. The van der Waals surface area contributed by atoms with Crippen molar-refractivity contribution in [3.63, 3.8) is 0 Å². The predicted molar refractivity (Wildman–Crippen MR) is 163 cm³/mol. The quantitative estimate of drug-likeness (QED) is 0.298. The smallest absolute Gasteiger partial charge is 0.305 e. The summed E-state index contributed by atoms with van der Waals surface area (Å²) in [6.07, 6.45) is 8.36. The van der Waals surface area contributed by atoms with Gasteiger partial charge in [-0.05, 0) is 81.1 Å². The van der Waals surface area contributed by atoms with Crippen LogP contribution in [-0.4, -0.2) is 83.1 Å². The summed E-state index contributed by atoms with van der Waals surface area (Å²) in [6.45, 7) is 6.71. The number of carbonyl (C=O) groups is 1. The summed E-state index contributed by atoms with van der Waals surface area (Å²) in [5.74, 6) is 1.94. The Balaban J connectivity index is 1.18. The fourth-order valence-electron chi connectivity index (χ4n) is 6.30. The fraction of sp³-hybridized carbons (Fsp3) is 0.484. The minimum absolute atomic E-state index is 0.136. The number of esters is 1. The molecule has 0 aliphatic carbocycles. The first kappa shape index (κ1) is 29.1. The number of piperidine rings is 1. The molecule has 5 heterocycles. The van der Waals surface area contributed by atoms with Gasteiger partial charge in [-0.15, -0.1) is 0 Å².